The molecular weight excluding hydrogens is 408 g/mol. The van der Waals surface area contributed by atoms with E-state index >= 15 is 0 Å². The zero-order chi connectivity index (χ0) is 22.4. The van der Waals surface area contributed by atoms with Crippen LogP contribution in [-0.2, 0) is 13.0 Å². The zero-order valence-electron chi connectivity index (χ0n) is 17.3. The first-order chi connectivity index (χ1) is 14.7. The van der Waals surface area contributed by atoms with E-state index in [4.69, 9.17) is 0 Å². The number of rotatable bonds is 4. The highest BCUT2D eigenvalue weighted by molar-refractivity contribution is 6.00. The molecule has 9 heteroatoms. The summed E-state index contributed by atoms with van der Waals surface area (Å²) in [5, 5.41) is 10.5. The fraction of sp³-hybridized carbons (Fsp3) is 0.409. The van der Waals surface area contributed by atoms with E-state index in [1.165, 1.54) is 16.8 Å². The molecule has 1 aromatic carbocycles. The van der Waals surface area contributed by atoms with Gasteiger partial charge in [-0.05, 0) is 38.4 Å². The number of aromatic hydroxyl groups is 1. The maximum absolute atomic E-state index is 13.8. The van der Waals surface area contributed by atoms with Gasteiger partial charge in [0.25, 0.3) is 5.91 Å². The lowest BCUT2D eigenvalue weighted by Gasteiger charge is -2.49. The number of nitrogens with zero attached hydrogens (tertiary/aromatic N) is 3. The third-order valence-electron chi connectivity index (χ3n) is 6.19. The Balaban J connectivity index is 1.64. The van der Waals surface area contributed by atoms with Crippen LogP contribution >= 0.6 is 0 Å². The number of aryl methyl sites for hydroxylation is 1. The molecule has 2 atom stereocenters. The fourth-order valence-corrected chi connectivity index (χ4v) is 4.37. The van der Waals surface area contributed by atoms with Crippen LogP contribution in [0.2, 0.25) is 0 Å². The number of aromatic nitrogens is 1. The number of carbonyl (C=O) groups excluding carboxylic acids is 2. The lowest BCUT2D eigenvalue weighted by atomic mass is 10.00. The van der Waals surface area contributed by atoms with Crippen molar-refractivity contribution in [3.63, 3.8) is 0 Å². The Morgan fingerprint density at radius 2 is 2.00 bits per heavy atom. The Bertz CT molecular complexity index is 1130. The minimum atomic E-state index is -0.916. The van der Waals surface area contributed by atoms with Crippen LogP contribution in [0.1, 0.15) is 46.2 Å². The van der Waals surface area contributed by atoms with Crippen LogP contribution in [0.25, 0.3) is 0 Å². The molecule has 1 N–H and O–H groups in total. The minimum absolute atomic E-state index is 0.0253. The van der Waals surface area contributed by atoms with E-state index < -0.39 is 34.5 Å². The van der Waals surface area contributed by atoms with E-state index in [0.29, 0.717) is 6.54 Å². The molecule has 7 nitrogen and oxygen atoms in total. The van der Waals surface area contributed by atoms with Gasteiger partial charge in [0.1, 0.15) is 17.8 Å². The van der Waals surface area contributed by atoms with Crippen molar-refractivity contribution in [1.82, 2.24) is 14.4 Å². The molecular formula is C22H23F2N3O4. The van der Waals surface area contributed by atoms with Crippen molar-refractivity contribution >= 4 is 11.7 Å². The predicted molar refractivity (Wildman–Crippen MR) is 108 cm³/mol. The van der Waals surface area contributed by atoms with Gasteiger partial charge in [0.05, 0.1) is 12.1 Å². The van der Waals surface area contributed by atoms with Gasteiger partial charge < -0.3 is 14.6 Å². The summed E-state index contributed by atoms with van der Waals surface area (Å²) >= 11 is 0. The second-order valence-corrected chi connectivity index (χ2v) is 8.19. The highest BCUT2D eigenvalue weighted by Crippen LogP contribution is 2.30. The van der Waals surface area contributed by atoms with Crippen LogP contribution in [-0.4, -0.2) is 57.0 Å². The van der Waals surface area contributed by atoms with Crippen molar-refractivity contribution in [3.8, 4) is 5.75 Å². The topological polar surface area (TPSA) is 82.9 Å². The molecule has 1 fully saturated rings. The Labute approximate surface area is 177 Å². The standard InChI is InChI=1S/C22H23F2N3O4/c1-12-7-8-25(2)18-11-26-10-15(20(29)21(30)19(26)22(31)27(12)18)17(28)6-4-13-3-5-14(23)9-16(13)24/h3,5,9-10,12,18,30H,4,6-8,11H2,1-2H3/t12-,18-/m0/s1. The van der Waals surface area contributed by atoms with Crippen LogP contribution in [0, 0.1) is 11.6 Å². The Hall–Kier alpha value is -3.07. The number of fused-ring (bicyclic) bond motifs is 2. The third kappa shape index (κ3) is 3.63. The molecule has 2 aliphatic rings. The molecule has 4 rings (SSSR count). The molecule has 2 aromatic rings. The summed E-state index contributed by atoms with van der Waals surface area (Å²) in [5.41, 5.74) is -1.14. The molecule has 0 radical (unpaired) electrons. The van der Waals surface area contributed by atoms with Gasteiger partial charge in [-0.1, -0.05) is 6.07 Å². The number of pyridine rings is 1. The fourth-order valence-electron chi connectivity index (χ4n) is 4.37. The number of likely N-dealkylation sites (N-methyl/N-ethyl adjacent to an activating group) is 1. The average molecular weight is 431 g/mol. The monoisotopic (exact) mass is 431 g/mol. The molecule has 164 valence electrons. The summed E-state index contributed by atoms with van der Waals surface area (Å²) in [7, 11) is 1.90. The van der Waals surface area contributed by atoms with E-state index in [9.17, 15) is 28.3 Å². The summed E-state index contributed by atoms with van der Waals surface area (Å²) in [6, 6.07) is 3.05. The zero-order valence-corrected chi connectivity index (χ0v) is 17.3. The van der Waals surface area contributed by atoms with E-state index in [1.54, 1.807) is 4.90 Å². The molecule has 0 spiro atoms. The van der Waals surface area contributed by atoms with Crippen molar-refractivity contribution < 1.29 is 23.5 Å². The highest BCUT2D eigenvalue weighted by Gasteiger charge is 2.42. The van der Waals surface area contributed by atoms with Crippen molar-refractivity contribution in [2.75, 3.05) is 13.6 Å². The van der Waals surface area contributed by atoms with E-state index in [-0.39, 0.29) is 41.9 Å². The second-order valence-electron chi connectivity index (χ2n) is 8.19. The molecule has 2 aliphatic heterocycles. The largest absolute Gasteiger partial charge is 0.503 e. The quantitative estimate of drug-likeness (QED) is 0.751. The number of Topliss-reactive ketones (excluding diaryl/α,β-unsaturated/α-hetero) is 1. The predicted octanol–water partition coefficient (Wildman–Crippen LogP) is 2.15. The van der Waals surface area contributed by atoms with Crippen molar-refractivity contribution in [1.29, 1.82) is 0 Å². The molecule has 1 aromatic heterocycles. The first-order valence-corrected chi connectivity index (χ1v) is 10.2. The van der Waals surface area contributed by atoms with Crippen molar-refractivity contribution in [2.45, 2.75) is 44.9 Å². The molecule has 0 unspecified atom stereocenters. The van der Waals surface area contributed by atoms with Gasteiger partial charge in [0.15, 0.2) is 17.2 Å². The summed E-state index contributed by atoms with van der Waals surface area (Å²) in [6.45, 7) is 3.03. The molecule has 0 saturated carbocycles. The minimum Gasteiger partial charge on any atom is -0.503 e. The number of carbonyl (C=O) groups is 2. The molecule has 0 bridgehead atoms. The normalized spacial score (nSPS) is 21.0. The molecule has 31 heavy (non-hydrogen) atoms. The van der Waals surface area contributed by atoms with Crippen LogP contribution in [0.4, 0.5) is 8.78 Å². The summed E-state index contributed by atoms with van der Waals surface area (Å²) < 4.78 is 28.4. The Morgan fingerprint density at radius 3 is 2.71 bits per heavy atom. The van der Waals surface area contributed by atoms with Crippen LogP contribution in [0.5, 0.6) is 5.75 Å². The summed E-state index contributed by atoms with van der Waals surface area (Å²) in [4.78, 5) is 42.1. The maximum atomic E-state index is 13.8. The molecule has 0 aliphatic carbocycles. The van der Waals surface area contributed by atoms with Crippen molar-refractivity contribution in [2.24, 2.45) is 0 Å². The average Bonchev–Trinajstić information content (AvgIpc) is 2.72. The van der Waals surface area contributed by atoms with Crippen LogP contribution in [0.15, 0.2) is 29.2 Å². The van der Waals surface area contributed by atoms with Gasteiger partial charge in [-0.15, -0.1) is 0 Å². The lowest BCUT2D eigenvalue weighted by molar-refractivity contribution is -0.0209. The van der Waals surface area contributed by atoms with Crippen LogP contribution < -0.4 is 5.43 Å². The number of hydrogen-bond acceptors (Lipinski definition) is 5. The number of halogens is 2. The first-order valence-electron chi connectivity index (χ1n) is 10.2. The summed E-state index contributed by atoms with van der Waals surface area (Å²) in [5.74, 6) is -3.26. The van der Waals surface area contributed by atoms with E-state index in [1.807, 2.05) is 18.9 Å². The molecule has 1 saturated heterocycles. The summed E-state index contributed by atoms with van der Waals surface area (Å²) in [6.07, 6.45) is 1.62. The second kappa shape index (κ2) is 7.88. The lowest BCUT2D eigenvalue weighted by Crippen LogP contribution is -2.62. The van der Waals surface area contributed by atoms with Gasteiger partial charge in [-0.2, -0.15) is 0 Å². The first kappa shape index (κ1) is 21.2. The van der Waals surface area contributed by atoms with Gasteiger partial charge in [0.2, 0.25) is 5.43 Å². The number of ketones is 1. The number of hydrogen-bond donors (Lipinski definition) is 1. The Morgan fingerprint density at radius 1 is 1.26 bits per heavy atom. The van der Waals surface area contributed by atoms with Gasteiger partial charge in [0, 0.05) is 31.3 Å². The third-order valence-corrected chi connectivity index (χ3v) is 6.19. The van der Waals surface area contributed by atoms with Gasteiger partial charge >= 0.3 is 0 Å². The molecule has 1 amide bonds. The van der Waals surface area contributed by atoms with Crippen LogP contribution in [0.3, 0.4) is 0 Å². The smallest absolute Gasteiger partial charge is 0.276 e. The number of benzene rings is 1. The SMILES string of the molecule is C[C@H]1CCN(C)[C@@H]2Cn3cc(C(=O)CCc4ccc(F)cc4F)c(=O)c(O)c3C(=O)N12. The van der Waals surface area contributed by atoms with Gasteiger partial charge in [-0.25, -0.2) is 8.78 Å². The highest BCUT2D eigenvalue weighted by atomic mass is 19.1. The molecule has 3 heterocycles. The maximum Gasteiger partial charge on any atom is 0.276 e. The van der Waals surface area contributed by atoms with E-state index in [2.05, 4.69) is 0 Å². The van der Waals surface area contributed by atoms with Gasteiger partial charge in [-0.3, -0.25) is 19.3 Å². The Kier molecular flexibility index (Phi) is 5.38. The number of amides is 1. The van der Waals surface area contributed by atoms with E-state index in [0.717, 1.165) is 25.1 Å². The van der Waals surface area contributed by atoms with Crippen molar-refractivity contribution in [3.05, 3.63) is 63.1 Å².